The average Bonchev–Trinajstić information content (AvgIpc) is 3.33. The normalized spacial score (nSPS) is 15.8. The van der Waals surface area contributed by atoms with E-state index in [0.717, 1.165) is 22.4 Å². The van der Waals surface area contributed by atoms with Crippen molar-refractivity contribution in [3.8, 4) is 17.2 Å². The summed E-state index contributed by atoms with van der Waals surface area (Å²) in [6, 6.07) is 21.0. The number of aryl methyl sites for hydroxylation is 2. The van der Waals surface area contributed by atoms with Crippen molar-refractivity contribution in [1.82, 2.24) is 5.01 Å². The highest BCUT2D eigenvalue weighted by atomic mass is 32.2. The van der Waals surface area contributed by atoms with Crippen molar-refractivity contribution >= 4 is 39.8 Å². The Morgan fingerprint density at radius 3 is 2.42 bits per heavy atom. The zero-order valence-corrected chi connectivity index (χ0v) is 22.0. The highest BCUT2D eigenvalue weighted by molar-refractivity contribution is 8.27. The van der Waals surface area contributed by atoms with Gasteiger partial charge >= 0.3 is 0 Å². The summed E-state index contributed by atoms with van der Waals surface area (Å²) in [5.41, 5.74) is 4.01. The number of hydrogen-bond acceptors (Lipinski definition) is 7. The van der Waals surface area contributed by atoms with E-state index in [1.54, 1.807) is 31.4 Å². The van der Waals surface area contributed by atoms with E-state index in [1.165, 1.54) is 16.8 Å². The maximum atomic E-state index is 12.8. The molecule has 0 spiro atoms. The second-order valence-electron chi connectivity index (χ2n) is 8.72. The number of methoxy groups -OCH3 is 1. The number of benzene rings is 3. The lowest BCUT2D eigenvalue weighted by molar-refractivity contribution is -0.114. The maximum Gasteiger partial charge on any atom is 0.283 e. The maximum absolute atomic E-state index is 12.8. The molecule has 192 valence electrons. The molecule has 5 rings (SSSR count). The molecule has 1 N–H and O–H groups in total. The van der Waals surface area contributed by atoms with Gasteiger partial charge in [-0.3, -0.25) is 10.2 Å². The van der Waals surface area contributed by atoms with Crippen molar-refractivity contribution in [3.63, 3.8) is 0 Å². The van der Waals surface area contributed by atoms with Crippen LogP contribution in [0.4, 0.5) is 0 Å². The Kier molecular flexibility index (Phi) is 7.28. The zero-order valence-electron chi connectivity index (χ0n) is 21.2. The molecule has 1 amide bonds. The second kappa shape index (κ2) is 10.9. The van der Waals surface area contributed by atoms with Gasteiger partial charge in [-0.15, -0.1) is 0 Å². The zero-order chi connectivity index (χ0) is 26.6. The van der Waals surface area contributed by atoms with Gasteiger partial charge in [-0.05, 0) is 72.6 Å². The quantitative estimate of drug-likeness (QED) is 0.310. The highest BCUT2D eigenvalue weighted by Crippen LogP contribution is 2.33. The van der Waals surface area contributed by atoms with Crippen LogP contribution in [0.1, 0.15) is 22.3 Å². The van der Waals surface area contributed by atoms with Crippen molar-refractivity contribution in [3.05, 3.63) is 94.6 Å². The van der Waals surface area contributed by atoms with E-state index < -0.39 is 5.91 Å². The largest absolute Gasteiger partial charge is 0.493 e. The molecule has 2 aliphatic rings. The molecule has 3 aromatic rings. The molecule has 0 fully saturated rings. The van der Waals surface area contributed by atoms with Crippen molar-refractivity contribution in [2.75, 3.05) is 20.3 Å². The minimum Gasteiger partial charge on any atom is -0.493 e. The number of nitrogens with one attached hydrogen (secondary N) is 1. The summed E-state index contributed by atoms with van der Waals surface area (Å²) in [5.74, 6) is 1.35. The molecule has 2 aliphatic heterocycles. The SMILES string of the molecule is COc1cc(C=C2C(=N)N3N=C(c4ccccc4)SC3=NC2=O)ccc1OCCOc1cc(C)cc(C)c1. The van der Waals surface area contributed by atoms with Gasteiger partial charge in [0.05, 0.1) is 12.7 Å². The number of rotatable bonds is 8. The molecule has 2 heterocycles. The number of aliphatic imine (C=N–C) groups is 1. The predicted molar refractivity (Wildman–Crippen MR) is 150 cm³/mol. The average molecular weight is 527 g/mol. The lowest BCUT2D eigenvalue weighted by Crippen LogP contribution is -2.35. The minimum absolute atomic E-state index is 0.0266. The van der Waals surface area contributed by atoms with E-state index in [2.05, 4.69) is 16.2 Å². The summed E-state index contributed by atoms with van der Waals surface area (Å²) in [5, 5.41) is 15.6. The summed E-state index contributed by atoms with van der Waals surface area (Å²) in [6.07, 6.45) is 1.61. The van der Waals surface area contributed by atoms with Crippen molar-refractivity contribution in [1.29, 1.82) is 5.41 Å². The fraction of sp³-hybridized carbons (Fsp3) is 0.172. The number of carbonyl (C=O) groups is 1. The Morgan fingerprint density at radius 1 is 0.947 bits per heavy atom. The smallest absolute Gasteiger partial charge is 0.283 e. The molecular formula is C29H26N4O4S. The molecule has 9 heteroatoms. The van der Waals surface area contributed by atoms with E-state index in [9.17, 15) is 4.79 Å². The molecule has 0 atom stereocenters. The molecule has 0 aliphatic carbocycles. The number of ether oxygens (including phenoxy) is 3. The van der Waals surface area contributed by atoms with E-state index in [4.69, 9.17) is 19.6 Å². The first-order chi connectivity index (χ1) is 18.4. The summed E-state index contributed by atoms with van der Waals surface area (Å²) in [6.45, 7) is 4.78. The summed E-state index contributed by atoms with van der Waals surface area (Å²) in [4.78, 5) is 17.0. The van der Waals surface area contributed by atoms with Crippen molar-refractivity contribution in [2.24, 2.45) is 10.1 Å². The van der Waals surface area contributed by atoms with Crippen molar-refractivity contribution < 1.29 is 19.0 Å². The first-order valence-electron chi connectivity index (χ1n) is 12.0. The van der Waals surface area contributed by atoms with Gasteiger partial charge in [0.1, 0.15) is 24.0 Å². The molecule has 0 saturated carbocycles. The molecule has 38 heavy (non-hydrogen) atoms. The molecule has 0 aromatic heterocycles. The van der Waals surface area contributed by atoms with Crippen LogP contribution in [-0.4, -0.2) is 47.3 Å². The van der Waals surface area contributed by atoms with Crippen LogP contribution >= 0.6 is 11.8 Å². The van der Waals surface area contributed by atoms with Crippen LogP contribution in [0.2, 0.25) is 0 Å². The number of amidine groups is 2. The van der Waals surface area contributed by atoms with Crippen LogP contribution in [0, 0.1) is 19.3 Å². The van der Waals surface area contributed by atoms with Crippen LogP contribution in [-0.2, 0) is 4.79 Å². The molecule has 0 radical (unpaired) electrons. The molecular weight excluding hydrogens is 500 g/mol. The van der Waals surface area contributed by atoms with Gasteiger partial charge in [0.2, 0.25) is 5.17 Å². The lowest BCUT2D eigenvalue weighted by Gasteiger charge is -2.20. The monoisotopic (exact) mass is 526 g/mol. The van der Waals surface area contributed by atoms with Gasteiger partial charge < -0.3 is 14.2 Å². The van der Waals surface area contributed by atoms with E-state index in [1.807, 2.05) is 56.3 Å². The fourth-order valence-corrected chi connectivity index (χ4v) is 4.97. The fourth-order valence-electron chi connectivity index (χ4n) is 4.08. The number of amides is 1. The third-order valence-corrected chi connectivity index (χ3v) is 6.74. The first-order valence-corrected chi connectivity index (χ1v) is 12.8. The summed E-state index contributed by atoms with van der Waals surface area (Å²) >= 11 is 1.27. The topological polar surface area (TPSA) is 96.6 Å². The van der Waals surface area contributed by atoms with Crippen LogP contribution < -0.4 is 14.2 Å². The molecule has 3 aromatic carbocycles. The Hall–Kier alpha value is -4.37. The van der Waals surface area contributed by atoms with E-state index in [0.29, 0.717) is 40.5 Å². The van der Waals surface area contributed by atoms with Crippen LogP contribution in [0.3, 0.4) is 0 Å². The molecule has 0 saturated heterocycles. The Balaban J connectivity index is 1.28. The van der Waals surface area contributed by atoms with Gasteiger partial charge in [-0.25, -0.2) is 0 Å². The van der Waals surface area contributed by atoms with Crippen LogP contribution in [0.15, 0.2) is 82.4 Å². The molecule has 0 bridgehead atoms. The van der Waals surface area contributed by atoms with Gasteiger partial charge in [0, 0.05) is 5.56 Å². The number of fused-ring (bicyclic) bond motifs is 1. The Morgan fingerprint density at radius 2 is 1.68 bits per heavy atom. The Labute approximate surface area is 225 Å². The number of nitrogens with zero attached hydrogens (tertiary/aromatic N) is 3. The van der Waals surface area contributed by atoms with E-state index in [-0.39, 0.29) is 11.4 Å². The van der Waals surface area contributed by atoms with Gasteiger partial charge in [0.25, 0.3) is 5.91 Å². The van der Waals surface area contributed by atoms with Crippen LogP contribution in [0.25, 0.3) is 6.08 Å². The van der Waals surface area contributed by atoms with Gasteiger partial charge in [0.15, 0.2) is 17.3 Å². The lowest BCUT2D eigenvalue weighted by atomic mass is 10.1. The van der Waals surface area contributed by atoms with Gasteiger partial charge in [-0.2, -0.15) is 15.1 Å². The molecule has 0 unspecified atom stereocenters. The minimum atomic E-state index is -0.485. The van der Waals surface area contributed by atoms with Crippen molar-refractivity contribution in [2.45, 2.75) is 13.8 Å². The first kappa shape index (κ1) is 25.3. The third-order valence-electron chi connectivity index (χ3n) is 5.78. The van der Waals surface area contributed by atoms with E-state index >= 15 is 0 Å². The second-order valence-corrected chi connectivity index (χ2v) is 9.68. The van der Waals surface area contributed by atoms with Gasteiger partial charge in [-0.1, -0.05) is 42.5 Å². The molecule has 8 nitrogen and oxygen atoms in total. The highest BCUT2D eigenvalue weighted by Gasteiger charge is 2.36. The predicted octanol–water partition coefficient (Wildman–Crippen LogP) is 5.44. The number of carbonyl (C=O) groups excluding carboxylic acids is 1. The number of hydrogen-bond donors (Lipinski definition) is 1. The number of hydrazone groups is 1. The summed E-state index contributed by atoms with van der Waals surface area (Å²) in [7, 11) is 1.55. The summed E-state index contributed by atoms with van der Waals surface area (Å²) < 4.78 is 17.2. The van der Waals surface area contributed by atoms with Crippen LogP contribution in [0.5, 0.6) is 17.2 Å². The Bertz CT molecular complexity index is 1480. The third kappa shape index (κ3) is 5.47. The number of thioether (sulfide) groups is 1. The standard InChI is InChI=1S/C29H26N4O4S/c1-18-13-19(2)15-22(14-18)36-11-12-37-24-10-9-20(17-25(24)35-3)16-23-26(30)33-29(31-27(23)34)38-28(32-33)21-7-5-4-6-8-21/h4-10,13-17,30H,11-12H2,1-3H3.